The maximum atomic E-state index is 12.7. The van der Waals surface area contributed by atoms with E-state index < -0.39 is 0 Å². The standard InChI is InChI=1S/C16H22N2O2/c19-11-12-4-3-9-18(10-12)16(20)14-5-1-7-15-13(14)6-2-8-17-15/h1,5,7,12,17,19H,2-4,6,8-11H2. The molecule has 0 aromatic heterocycles. The highest BCUT2D eigenvalue weighted by molar-refractivity contribution is 5.97. The van der Waals surface area contributed by atoms with Crippen LogP contribution in [0.1, 0.15) is 35.2 Å². The third-order valence-corrected chi connectivity index (χ3v) is 4.39. The Morgan fingerprint density at radius 1 is 1.40 bits per heavy atom. The number of fused-ring (bicyclic) bond motifs is 1. The average Bonchev–Trinajstić information content (AvgIpc) is 2.53. The van der Waals surface area contributed by atoms with Crippen molar-refractivity contribution in [3.05, 3.63) is 29.3 Å². The molecule has 0 bridgehead atoms. The molecule has 2 heterocycles. The van der Waals surface area contributed by atoms with Crippen LogP contribution in [0.4, 0.5) is 5.69 Å². The molecular weight excluding hydrogens is 252 g/mol. The van der Waals surface area contributed by atoms with Gasteiger partial charge in [-0.05, 0) is 49.3 Å². The average molecular weight is 274 g/mol. The van der Waals surface area contributed by atoms with Crippen molar-refractivity contribution in [3.63, 3.8) is 0 Å². The number of hydrogen-bond acceptors (Lipinski definition) is 3. The number of nitrogens with zero attached hydrogens (tertiary/aromatic N) is 1. The molecule has 0 radical (unpaired) electrons. The van der Waals surface area contributed by atoms with Gasteiger partial charge in [-0.25, -0.2) is 0 Å². The molecule has 2 N–H and O–H groups in total. The largest absolute Gasteiger partial charge is 0.396 e. The second kappa shape index (κ2) is 5.83. The van der Waals surface area contributed by atoms with Gasteiger partial charge in [0.2, 0.25) is 0 Å². The molecule has 4 nitrogen and oxygen atoms in total. The lowest BCUT2D eigenvalue weighted by Gasteiger charge is -2.33. The summed E-state index contributed by atoms with van der Waals surface area (Å²) in [5.41, 5.74) is 3.11. The number of amides is 1. The van der Waals surface area contributed by atoms with Crippen LogP contribution in [-0.2, 0) is 6.42 Å². The van der Waals surface area contributed by atoms with Crippen LogP contribution in [0.3, 0.4) is 0 Å². The van der Waals surface area contributed by atoms with Gasteiger partial charge in [0.1, 0.15) is 0 Å². The number of likely N-dealkylation sites (tertiary alicyclic amines) is 1. The van der Waals surface area contributed by atoms with Crippen molar-refractivity contribution >= 4 is 11.6 Å². The Hall–Kier alpha value is -1.55. The summed E-state index contributed by atoms with van der Waals surface area (Å²) in [7, 11) is 0. The fraction of sp³-hybridized carbons (Fsp3) is 0.562. The van der Waals surface area contributed by atoms with Crippen molar-refractivity contribution in [2.75, 3.05) is 31.6 Å². The van der Waals surface area contributed by atoms with Gasteiger partial charge in [-0.1, -0.05) is 6.07 Å². The maximum absolute atomic E-state index is 12.7. The van der Waals surface area contributed by atoms with Crippen molar-refractivity contribution in [1.82, 2.24) is 4.90 Å². The van der Waals surface area contributed by atoms with Gasteiger partial charge in [-0.2, -0.15) is 0 Å². The summed E-state index contributed by atoms with van der Waals surface area (Å²) < 4.78 is 0. The lowest BCUT2D eigenvalue weighted by Crippen LogP contribution is -2.41. The molecule has 1 saturated heterocycles. The topological polar surface area (TPSA) is 52.6 Å². The van der Waals surface area contributed by atoms with Crippen LogP contribution in [-0.4, -0.2) is 42.2 Å². The lowest BCUT2D eigenvalue weighted by atomic mass is 9.94. The smallest absolute Gasteiger partial charge is 0.254 e. The van der Waals surface area contributed by atoms with Gasteiger partial charge in [0.15, 0.2) is 0 Å². The quantitative estimate of drug-likeness (QED) is 0.866. The number of carbonyl (C=O) groups excluding carboxylic acids is 1. The Kier molecular flexibility index (Phi) is 3.92. The lowest BCUT2D eigenvalue weighted by molar-refractivity contribution is 0.0619. The van der Waals surface area contributed by atoms with Gasteiger partial charge in [0.25, 0.3) is 5.91 Å². The number of anilines is 1. The highest BCUT2D eigenvalue weighted by Gasteiger charge is 2.26. The molecule has 1 aromatic rings. The van der Waals surface area contributed by atoms with Crippen LogP contribution in [0.2, 0.25) is 0 Å². The van der Waals surface area contributed by atoms with Crippen LogP contribution in [0.5, 0.6) is 0 Å². The molecule has 2 aliphatic rings. The van der Waals surface area contributed by atoms with Crippen LogP contribution in [0, 0.1) is 5.92 Å². The van der Waals surface area contributed by atoms with Crippen molar-refractivity contribution < 1.29 is 9.90 Å². The monoisotopic (exact) mass is 274 g/mol. The molecule has 0 spiro atoms. The maximum Gasteiger partial charge on any atom is 0.254 e. The van der Waals surface area contributed by atoms with Crippen LogP contribution in [0.25, 0.3) is 0 Å². The van der Waals surface area contributed by atoms with E-state index in [4.69, 9.17) is 0 Å². The minimum Gasteiger partial charge on any atom is -0.396 e. The van der Waals surface area contributed by atoms with E-state index >= 15 is 0 Å². The number of aliphatic hydroxyl groups is 1. The van der Waals surface area contributed by atoms with Crippen LogP contribution < -0.4 is 5.32 Å². The third kappa shape index (κ3) is 2.52. The van der Waals surface area contributed by atoms with E-state index in [2.05, 4.69) is 11.4 Å². The summed E-state index contributed by atoms with van der Waals surface area (Å²) in [6, 6.07) is 5.95. The first-order valence-corrected chi connectivity index (χ1v) is 7.55. The Morgan fingerprint density at radius 3 is 3.15 bits per heavy atom. The number of aliphatic hydroxyl groups excluding tert-OH is 1. The van der Waals surface area contributed by atoms with Gasteiger partial charge < -0.3 is 15.3 Å². The van der Waals surface area contributed by atoms with E-state index in [1.54, 1.807) is 0 Å². The number of piperidine rings is 1. The molecule has 3 rings (SSSR count). The molecule has 108 valence electrons. The van der Waals surface area contributed by atoms with Crippen LogP contribution >= 0.6 is 0 Å². The molecule has 1 unspecified atom stereocenters. The predicted molar refractivity (Wildman–Crippen MR) is 79.0 cm³/mol. The first kappa shape index (κ1) is 13.4. The normalized spacial score (nSPS) is 22.1. The summed E-state index contributed by atoms with van der Waals surface area (Å²) >= 11 is 0. The van der Waals surface area contributed by atoms with E-state index in [9.17, 15) is 9.90 Å². The van der Waals surface area contributed by atoms with Gasteiger partial charge in [-0.15, -0.1) is 0 Å². The minimum absolute atomic E-state index is 0.128. The van der Waals surface area contributed by atoms with Crippen molar-refractivity contribution in [2.45, 2.75) is 25.7 Å². The van der Waals surface area contributed by atoms with Gasteiger partial charge >= 0.3 is 0 Å². The second-order valence-electron chi connectivity index (χ2n) is 5.80. The van der Waals surface area contributed by atoms with Crippen molar-refractivity contribution in [2.24, 2.45) is 5.92 Å². The zero-order valence-corrected chi connectivity index (χ0v) is 11.8. The number of hydrogen-bond donors (Lipinski definition) is 2. The summed E-state index contributed by atoms with van der Waals surface area (Å²) in [4.78, 5) is 14.7. The number of benzene rings is 1. The molecule has 1 aromatic carbocycles. The van der Waals surface area contributed by atoms with Gasteiger partial charge in [0, 0.05) is 37.5 Å². The fourth-order valence-electron chi connectivity index (χ4n) is 3.28. The zero-order chi connectivity index (χ0) is 13.9. The van der Waals surface area contributed by atoms with E-state index in [1.165, 1.54) is 0 Å². The molecule has 4 heteroatoms. The van der Waals surface area contributed by atoms with Gasteiger partial charge in [0.05, 0.1) is 0 Å². The minimum atomic E-state index is 0.128. The Labute approximate surface area is 119 Å². The van der Waals surface area contributed by atoms with E-state index in [0.717, 1.165) is 55.6 Å². The molecule has 0 saturated carbocycles. The van der Waals surface area contributed by atoms with E-state index in [0.29, 0.717) is 6.54 Å². The summed E-state index contributed by atoms with van der Waals surface area (Å²) in [5.74, 6) is 0.370. The van der Waals surface area contributed by atoms with Crippen molar-refractivity contribution in [3.8, 4) is 0 Å². The predicted octanol–water partition coefficient (Wildman–Crippen LogP) is 1.89. The zero-order valence-electron chi connectivity index (χ0n) is 11.8. The third-order valence-electron chi connectivity index (χ3n) is 4.39. The van der Waals surface area contributed by atoms with Gasteiger partial charge in [-0.3, -0.25) is 4.79 Å². The summed E-state index contributed by atoms with van der Waals surface area (Å²) in [6.07, 6.45) is 4.07. The Bertz CT molecular complexity index is 501. The molecule has 2 aliphatic heterocycles. The highest BCUT2D eigenvalue weighted by atomic mass is 16.3. The molecule has 1 fully saturated rings. The first-order chi connectivity index (χ1) is 9.79. The van der Waals surface area contributed by atoms with Crippen molar-refractivity contribution in [1.29, 1.82) is 0 Å². The Morgan fingerprint density at radius 2 is 2.30 bits per heavy atom. The number of nitrogens with one attached hydrogen (secondary N) is 1. The second-order valence-corrected chi connectivity index (χ2v) is 5.80. The van der Waals surface area contributed by atoms with E-state index in [-0.39, 0.29) is 18.4 Å². The highest BCUT2D eigenvalue weighted by Crippen LogP contribution is 2.27. The van der Waals surface area contributed by atoms with E-state index in [1.807, 2.05) is 17.0 Å². The first-order valence-electron chi connectivity index (χ1n) is 7.55. The molecule has 1 atom stereocenters. The molecule has 1 amide bonds. The summed E-state index contributed by atoms with van der Waals surface area (Å²) in [5, 5.41) is 12.7. The fourth-order valence-corrected chi connectivity index (χ4v) is 3.28. The van der Waals surface area contributed by atoms with Crippen LogP contribution in [0.15, 0.2) is 18.2 Å². The SMILES string of the molecule is O=C(c1cccc2c1CCCN2)N1CCCC(CO)C1. The molecule has 0 aliphatic carbocycles. The molecule has 20 heavy (non-hydrogen) atoms. The number of rotatable bonds is 2. The molecular formula is C16H22N2O2. The number of carbonyl (C=O) groups is 1. The Balaban J connectivity index is 1.83. The summed E-state index contributed by atoms with van der Waals surface area (Å²) in [6.45, 7) is 2.66.